The number of rotatable bonds is 0. The van der Waals surface area contributed by atoms with E-state index >= 15 is 0 Å². The van der Waals surface area contributed by atoms with Crippen LogP contribution in [-0.2, 0) is 35.4 Å². The number of hydrogen-bond acceptors (Lipinski definition) is 3. The number of cyclic esters (lactones) is 2. The van der Waals surface area contributed by atoms with Crippen molar-refractivity contribution in [3.63, 3.8) is 0 Å². The van der Waals surface area contributed by atoms with E-state index in [2.05, 4.69) is 4.74 Å². The molecule has 0 aromatic carbocycles. The van der Waals surface area contributed by atoms with E-state index in [9.17, 15) is 9.59 Å². The SMILES string of the molecule is [NH-]C1CC(=O)OC1=O.[W]. The van der Waals surface area contributed by atoms with Gasteiger partial charge in [0.05, 0.1) is 0 Å². The molecule has 1 N–H and O–H groups in total. The van der Waals surface area contributed by atoms with Crippen molar-refractivity contribution in [1.29, 1.82) is 0 Å². The molecular formula is C4H4NO3W-. The Balaban J connectivity index is 0.000000640. The molecular weight excluding hydrogens is 294 g/mol. The Morgan fingerprint density at radius 1 is 1.56 bits per heavy atom. The zero-order chi connectivity index (χ0) is 6.15. The molecule has 1 fully saturated rings. The minimum atomic E-state index is -0.970. The molecule has 0 aromatic heterocycles. The molecule has 1 heterocycles. The maximum absolute atomic E-state index is 10.2. The Morgan fingerprint density at radius 3 is 2.22 bits per heavy atom. The van der Waals surface area contributed by atoms with E-state index in [0.29, 0.717) is 0 Å². The van der Waals surface area contributed by atoms with Gasteiger partial charge in [0.1, 0.15) is 0 Å². The van der Waals surface area contributed by atoms with E-state index < -0.39 is 18.0 Å². The summed E-state index contributed by atoms with van der Waals surface area (Å²) in [5.74, 6) is -1.31. The monoisotopic (exact) mass is 298 g/mol. The number of ether oxygens (including phenoxy) is 1. The molecule has 9 heavy (non-hydrogen) atoms. The molecule has 50 valence electrons. The predicted octanol–water partition coefficient (Wildman–Crippen LogP) is -0.122. The molecule has 0 saturated carbocycles. The van der Waals surface area contributed by atoms with Crippen molar-refractivity contribution >= 4 is 11.9 Å². The van der Waals surface area contributed by atoms with Crippen LogP contribution in [-0.4, -0.2) is 18.0 Å². The number of carbonyl (C=O) groups excluding carboxylic acids is 2. The summed E-state index contributed by atoms with van der Waals surface area (Å²) in [6.07, 6.45) is -0.0845. The van der Waals surface area contributed by atoms with Gasteiger partial charge >= 0.3 is 5.97 Å². The van der Waals surface area contributed by atoms with Crippen molar-refractivity contribution in [3.05, 3.63) is 5.73 Å². The van der Waals surface area contributed by atoms with E-state index in [1.807, 2.05) is 0 Å². The average molecular weight is 298 g/mol. The number of hydrogen-bond donors (Lipinski definition) is 0. The van der Waals surface area contributed by atoms with Gasteiger partial charge in [-0.2, -0.15) is 0 Å². The van der Waals surface area contributed by atoms with Gasteiger partial charge in [-0.05, 0) is 6.04 Å². The summed E-state index contributed by atoms with van der Waals surface area (Å²) in [6, 6.07) is -0.970. The maximum Gasteiger partial charge on any atom is 0.312 e. The average Bonchev–Trinajstić information content (AvgIpc) is 1.85. The number of nitrogens with one attached hydrogen (secondary N) is 1. The summed E-state index contributed by atoms with van der Waals surface area (Å²) in [4.78, 5) is 20.3. The Labute approximate surface area is 66.0 Å². The van der Waals surface area contributed by atoms with Gasteiger partial charge < -0.3 is 10.5 Å². The molecule has 0 amide bonds. The Morgan fingerprint density at radius 2 is 2.11 bits per heavy atom. The summed E-state index contributed by atoms with van der Waals surface area (Å²) in [5.41, 5.74) is 6.77. The van der Waals surface area contributed by atoms with Crippen LogP contribution in [0.5, 0.6) is 0 Å². The zero-order valence-electron chi connectivity index (χ0n) is 4.42. The molecule has 0 bridgehead atoms. The van der Waals surface area contributed by atoms with Crippen LogP contribution in [0.25, 0.3) is 5.73 Å². The molecule has 1 rings (SSSR count). The van der Waals surface area contributed by atoms with Gasteiger partial charge in [0.15, 0.2) is 0 Å². The number of carbonyl (C=O) groups is 2. The molecule has 1 unspecified atom stereocenters. The third kappa shape index (κ3) is 1.88. The van der Waals surface area contributed by atoms with Crippen LogP contribution in [0.1, 0.15) is 6.42 Å². The molecule has 5 heteroatoms. The van der Waals surface area contributed by atoms with E-state index in [1.165, 1.54) is 0 Å². The van der Waals surface area contributed by atoms with E-state index in [1.54, 1.807) is 0 Å². The minimum absolute atomic E-state index is 0. The Hall–Kier alpha value is -0.212. The van der Waals surface area contributed by atoms with Crippen molar-refractivity contribution in [3.8, 4) is 0 Å². The van der Waals surface area contributed by atoms with Crippen LogP contribution >= 0.6 is 0 Å². The molecule has 1 aliphatic rings. The van der Waals surface area contributed by atoms with E-state index in [-0.39, 0.29) is 27.5 Å². The topological polar surface area (TPSA) is 67.2 Å². The molecule has 0 aliphatic carbocycles. The molecule has 0 radical (unpaired) electrons. The van der Waals surface area contributed by atoms with E-state index in [0.717, 1.165) is 0 Å². The van der Waals surface area contributed by atoms with Crippen LogP contribution in [0.3, 0.4) is 0 Å². The first-order valence-electron chi connectivity index (χ1n) is 2.16. The third-order valence-electron chi connectivity index (χ3n) is 0.870. The molecule has 0 spiro atoms. The van der Waals surface area contributed by atoms with Crippen LogP contribution in [0.2, 0.25) is 0 Å². The molecule has 1 atom stereocenters. The zero-order valence-corrected chi connectivity index (χ0v) is 7.35. The quantitative estimate of drug-likeness (QED) is 0.462. The fourth-order valence-corrected chi connectivity index (χ4v) is 0.475. The summed E-state index contributed by atoms with van der Waals surface area (Å²) in [6.45, 7) is 0. The van der Waals surface area contributed by atoms with Gasteiger partial charge in [-0.3, -0.25) is 9.59 Å². The smallest absolute Gasteiger partial charge is 0.312 e. The fraction of sp³-hybridized carbons (Fsp3) is 0.500. The standard InChI is InChI=1S/C4H4NO3.W/c5-2-1-3(6)8-4(2)7;/h2,5H,1H2;/q-1;. The van der Waals surface area contributed by atoms with Crippen molar-refractivity contribution in [2.24, 2.45) is 0 Å². The molecule has 1 saturated heterocycles. The van der Waals surface area contributed by atoms with Crippen molar-refractivity contribution in [2.45, 2.75) is 12.5 Å². The summed E-state index contributed by atoms with van der Waals surface area (Å²) >= 11 is 0. The fourth-order valence-electron chi connectivity index (χ4n) is 0.475. The maximum atomic E-state index is 10.2. The first kappa shape index (κ1) is 8.79. The van der Waals surface area contributed by atoms with Gasteiger partial charge in [-0.25, -0.2) is 0 Å². The third-order valence-corrected chi connectivity index (χ3v) is 0.870. The first-order chi connectivity index (χ1) is 3.70. The Bertz CT molecular complexity index is 147. The second-order valence-corrected chi connectivity index (χ2v) is 1.55. The van der Waals surface area contributed by atoms with Crippen LogP contribution in [0, 0.1) is 0 Å². The largest absolute Gasteiger partial charge is 0.665 e. The normalized spacial score (nSPS) is 25.2. The van der Waals surface area contributed by atoms with Crippen LogP contribution in [0.4, 0.5) is 0 Å². The van der Waals surface area contributed by atoms with Gasteiger partial charge in [0, 0.05) is 27.5 Å². The van der Waals surface area contributed by atoms with Gasteiger partial charge in [-0.1, -0.05) is 0 Å². The van der Waals surface area contributed by atoms with Crippen LogP contribution in [0.15, 0.2) is 0 Å². The molecule has 4 nitrogen and oxygen atoms in total. The summed E-state index contributed by atoms with van der Waals surface area (Å²) < 4.78 is 4.01. The van der Waals surface area contributed by atoms with Crippen molar-refractivity contribution in [1.82, 2.24) is 0 Å². The van der Waals surface area contributed by atoms with Crippen molar-refractivity contribution < 1.29 is 35.4 Å². The first-order valence-corrected chi connectivity index (χ1v) is 2.16. The second kappa shape index (κ2) is 3.08. The van der Waals surface area contributed by atoms with Crippen LogP contribution < -0.4 is 0 Å². The minimum Gasteiger partial charge on any atom is -0.665 e. The molecule has 1 aliphatic heterocycles. The van der Waals surface area contributed by atoms with Gasteiger partial charge in [-0.15, -0.1) is 0 Å². The number of esters is 2. The van der Waals surface area contributed by atoms with Gasteiger partial charge in [0.25, 0.3) is 5.97 Å². The molecule has 0 aromatic rings. The van der Waals surface area contributed by atoms with Crippen molar-refractivity contribution in [2.75, 3.05) is 0 Å². The Kier molecular flexibility index (Phi) is 3.01. The van der Waals surface area contributed by atoms with E-state index in [4.69, 9.17) is 5.73 Å². The summed E-state index contributed by atoms with van der Waals surface area (Å²) in [5, 5.41) is 0. The summed E-state index contributed by atoms with van der Waals surface area (Å²) in [7, 11) is 0. The van der Waals surface area contributed by atoms with Gasteiger partial charge in [0.2, 0.25) is 0 Å². The second-order valence-electron chi connectivity index (χ2n) is 1.55. The predicted molar refractivity (Wildman–Crippen MR) is 23.8 cm³/mol.